The zero-order valence-electron chi connectivity index (χ0n) is 10.4. The SMILES string of the molecule is O=c1[nH]c(O)cn1S(=O)(=O)c1ccc2ccc(Cl)cc2c1. The van der Waals surface area contributed by atoms with Gasteiger partial charge < -0.3 is 5.11 Å². The quantitative estimate of drug-likeness (QED) is 0.753. The molecule has 1 aromatic heterocycles. The molecule has 2 aromatic carbocycles. The Kier molecular flexibility index (Phi) is 3.03. The fourth-order valence-corrected chi connectivity index (χ4v) is 3.44. The number of rotatable bonds is 2. The van der Waals surface area contributed by atoms with Crippen molar-refractivity contribution in [2.75, 3.05) is 0 Å². The maximum atomic E-state index is 12.4. The Balaban J connectivity index is 2.24. The first kappa shape index (κ1) is 13.7. The molecule has 0 fully saturated rings. The summed E-state index contributed by atoms with van der Waals surface area (Å²) in [6, 6.07) is 9.54. The van der Waals surface area contributed by atoms with E-state index < -0.39 is 21.6 Å². The normalized spacial score (nSPS) is 11.9. The fourth-order valence-electron chi connectivity index (χ4n) is 2.01. The van der Waals surface area contributed by atoms with Crippen LogP contribution in [0, 0.1) is 0 Å². The van der Waals surface area contributed by atoms with Crippen LogP contribution in [0.2, 0.25) is 5.02 Å². The van der Waals surface area contributed by atoms with E-state index in [0.717, 1.165) is 11.6 Å². The number of nitrogens with zero attached hydrogens (tertiary/aromatic N) is 1. The maximum absolute atomic E-state index is 12.4. The Morgan fingerprint density at radius 3 is 2.48 bits per heavy atom. The average molecular weight is 325 g/mol. The molecule has 3 aromatic rings. The van der Waals surface area contributed by atoms with Crippen LogP contribution in [0.15, 0.2) is 52.3 Å². The highest BCUT2D eigenvalue weighted by Crippen LogP contribution is 2.23. The molecule has 0 aliphatic carbocycles. The van der Waals surface area contributed by atoms with Crippen molar-refractivity contribution >= 4 is 32.4 Å². The lowest BCUT2D eigenvalue weighted by atomic mass is 10.1. The van der Waals surface area contributed by atoms with E-state index in [1.807, 2.05) is 4.98 Å². The molecule has 6 nitrogen and oxygen atoms in total. The van der Waals surface area contributed by atoms with Crippen LogP contribution in [0.25, 0.3) is 10.8 Å². The summed E-state index contributed by atoms with van der Waals surface area (Å²) in [5.74, 6) is -0.521. The number of aromatic nitrogens is 2. The molecule has 0 bridgehead atoms. The van der Waals surface area contributed by atoms with Gasteiger partial charge in [-0.15, -0.1) is 0 Å². The summed E-state index contributed by atoms with van der Waals surface area (Å²) >= 11 is 5.89. The summed E-state index contributed by atoms with van der Waals surface area (Å²) in [5, 5.41) is 11.1. The van der Waals surface area contributed by atoms with Crippen molar-refractivity contribution in [2.24, 2.45) is 0 Å². The Labute approximate surface area is 124 Å². The van der Waals surface area contributed by atoms with E-state index in [1.165, 1.54) is 12.1 Å². The van der Waals surface area contributed by atoms with Crippen molar-refractivity contribution in [1.29, 1.82) is 0 Å². The van der Waals surface area contributed by atoms with Crippen LogP contribution in [-0.2, 0) is 10.0 Å². The lowest BCUT2D eigenvalue weighted by Crippen LogP contribution is -2.24. The predicted molar refractivity (Wildman–Crippen MR) is 78.3 cm³/mol. The van der Waals surface area contributed by atoms with Crippen molar-refractivity contribution in [3.05, 3.63) is 58.1 Å². The molecule has 21 heavy (non-hydrogen) atoms. The van der Waals surface area contributed by atoms with Gasteiger partial charge in [-0.25, -0.2) is 13.2 Å². The van der Waals surface area contributed by atoms with Crippen molar-refractivity contribution in [3.8, 4) is 5.88 Å². The predicted octanol–water partition coefficient (Wildman–Crippen LogP) is 1.93. The lowest BCUT2D eigenvalue weighted by molar-refractivity contribution is 0.455. The number of aromatic amines is 1. The molecule has 0 unspecified atom stereocenters. The number of halogens is 1. The highest BCUT2D eigenvalue weighted by atomic mass is 35.5. The smallest absolute Gasteiger partial charge is 0.342 e. The fraction of sp³-hybridized carbons (Fsp3) is 0. The lowest BCUT2D eigenvalue weighted by Gasteiger charge is -2.06. The first-order valence-corrected chi connectivity index (χ1v) is 7.65. The van der Waals surface area contributed by atoms with Gasteiger partial charge in [0.25, 0.3) is 10.0 Å². The Morgan fingerprint density at radius 1 is 1.10 bits per heavy atom. The van der Waals surface area contributed by atoms with Gasteiger partial charge in [0.15, 0.2) is 0 Å². The van der Waals surface area contributed by atoms with Crippen LogP contribution >= 0.6 is 11.6 Å². The minimum Gasteiger partial charge on any atom is -0.493 e. The summed E-state index contributed by atoms with van der Waals surface area (Å²) in [5.41, 5.74) is -0.932. The van der Waals surface area contributed by atoms with Gasteiger partial charge in [0, 0.05) is 5.02 Å². The van der Waals surface area contributed by atoms with Gasteiger partial charge in [0.05, 0.1) is 11.1 Å². The van der Waals surface area contributed by atoms with Gasteiger partial charge >= 0.3 is 5.69 Å². The van der Waals surface area contributed by atoms with E-state index in [0.29, 0.717) is 14.4 Å². The van der Waals surface area contributed by atoms with Crippen molar-refractivity contribution in [3.63, 3.8) is 0 Å². The standard InChI is InChI=1S/C13H9ClN2O4S/c14-10-3-1-8-2-4-11(6-9(8)5-10)21(19,20)16-7-12(17)15-13(16)18/h1-7,17H,(H,15,18). The van der Waals surface area contributed by atoms with E-state index in [4.69, 9.17) is 11.6 Å². The molecular formula is C13H9ClN2O4S. The van der Waals surface area contributed by atoms with Crippen molar-refractivity contribution in [2.45, 2.75) is 4.90 Å². The van der Waals surface area contributed by atoms with Gasteiger partial charge in [-0.1, -0.05) is 23.7 Å². The number of nitrogens with one attached hydrogen (secondary N) is 1. The third kappa shape index (κ3) is 2.30. The van der Waals surface area contributed by atoms with E-state index in [2.05, 4.69) is 0 Å². The second kappa shape index (κ2) is 4.64. The highest BCUT2D eigenvalue weighted by molar-refractivity contribution is 7.90. The first-order chi connectivity index (χ1) is 9.88. The molecule has 108 valence electrons. The number of hydrogen-bond donors (Lipinski definition) is 2. The third-order valence-electron chi connectivity index (χ3n) is 3.01. The van der Waals surface area contributed by atoms with Crippen LogP contribution < -0.4 is 5.69 Å². The summed E-state index contributed by atoms with van der Waals surface area (Å²) < 4.78 is 25.2. The molecule has 1 heterocycles. The van der Waals surface area contributed by atoms with Gasteiger partial charge in [-0.3, -0.25) is 4.98 Å². The van der Waals surface area contributed by atoms with E-state index >= 15 is 0 Å². The second-order valence-corrected chi connectivity index (χ2v) is 6.65. The van der Waals surface area contributed by atoms with Crippen molar-refractivity contribution in [1.82, 2.24) is 8.96 Å². The van der Waals surface area contributed by atoms with Gasteiger partial charge in [-0.2, -0.15) is 3.97 Å². The van der Waals surface area contributed by atoms with E-state index in [9.17, 15) is 18.3 Å². The average Bonchev–Trinajstić information content (AvgIpc) is 2.77. The minimum absolute atomic E-state index is 0.0710. The largest absolute Gasteiger partial charge is 0.493 e. The topological polar surface area (TPSA) is 92.2 Å². The Morgan fingerprint density at radius 2 is 1.81 bits per heavy atom. The van der Waals surface area contributed by atoms with E-state index in [1.54, 1.807) is 24.3 Å². The summed E-state index contributed by atoms with van der Waals surface area (Å²) in [4.78, 5) is 13.4. The molecule has 3 rings (SSSR count). The van der Waals surface area contributed by atoms with E-state index in [-0.39, 0.29) is 4.90 Å². The number of H-pyrrole nitrogens is 1. The maximum Gasteiger partial charge on any atom is 0.342 e. The molecule has 0 saturated carbocycles. The number of hydrogen-bond acceptors (Lipinski definition) is 4. The first-order valence-electron chi connectivity index (χ1n) is 5.83. The summed E-state index contributed by atoms with van der Waals surface area (Å²) in [6.45, 7) is 0. The molecule has 0 spiro atoms. The highest BCUT2D eigenvalue weighted by Gasteiger charge is 2.20. The zero-order chi connectivity index (χ0) is 15.2. The third-order valence-corrected chi connectivity index (χ3v) is 4.88. The Hall–Kier alpha value is -2.25. The molecule has 0 amide bonds. The van der Waals surface area contributed by atoms with Gasteiger partial charge in [0.2, 0.25) is 5.88 Å². The zero-order valence-corrected chi connectivity index (χ0v) is 12.0. The minimum atomic E-state index is -4.08. The van der Waals surface area contributed by atoms with Crippen LogP contribution in [0.5, 0.6) is 5.88 Å². The Bertz CT molecular complexity index is 1000. The van der Waals surface area contributed by atoms with Gasteiger partial charge in [-0.05, 0) is 35.0 Å². The number of fused-ring (bicyclic) bond motifs is 1. The molecule has 0 radical (unpaired) electrons. The molecular weight excluding hydrogens is 316 g/mol. The molecule has 0 aliphatic heterocycles. The molecule has 8 heteroatoms. The molecule has 0 saturated heterocycles. The number of aromatic hydroxyl groups is 1. The molecule has 0 atom stereocenters. The second-order valence-electron chi connectivity index (χ2n) is 4.40. The van der Waals surface area contributed by atoms with Crippen LogP contribution in [0.4, 0.5) is 0 Å². The van der Waals surface area contributed by atoms with Crippen molar-refractivity contribution < 1.29 is 13.5 Å². The molecule has 2 N–H and O–H groups in total. The monoisotopic (exact) mass is 324 g/mol. The summed E-state index contributed by atoms with van der Waals surface area (Å²) in [7, 11) is -4.08. The summed E-state index contributed by atoms with van der Waals surface area (Å²) in [6.07, 6.45) is 0.819. The van der Waals surface area contributed by atoms with Crippen LogP contribution in [0.3, 0.4) is 0 Å². The number of benzene rings is 2. The molecule has 0 aliphatic rings. The van der Waals surface area contributed by atoms with Crippen LogP contribution in [-0.4, -0.2) is 22.5 Å². The van der Waals surface area contributed by atoms with Crippen LogP contribution in [0.1, 0.15) is 0 Å². The number of imidazole rings is 1. The van der Waals surface area contributed by atoms with Gasteiger partial charge in [0.1, 0.15) is 0 Å².